The molecular weight excluding hydrogens is 312 g/mol. The van der Waals surface area contributed by atoms with Crippen LogP contribution in [0.2, 0.25) is 0 Å². The van der Waals surface area contributed by atoms with Gasteiger partial charge in [0.15, 0.2) is 10.8 Å². The van der Waals surface area contributed by atoms with Gasteiger partial charge in [0.25, 0.3) is 0 Å². The zero-order valence-electron chi connectivity index (χ0n) is 7.97. The molecule has 0 aromatic carbocycles. The zero-order chi connectivity index (χ0) is 11.1. The van der Waals surface area contributed by atoms with Gasteiger partial charge in [-0.3, -0.25) is 4.40 Å². The molecule has 0 spiro atoms. The van der Waals surface area contributed by atoms with Crippen LogP contribution in [0.25, 0.3) is 10.8 Å². The third kappa shape index (κ3) is 1.49. The number of halogens is 2. The highest BCUT2D eigenvalue weighted by molar-refractivity contribution is 9.10. The Morgan fingerprint density at radius 2 is 2.38 bits per heavy atom. The fourth-order valence-corrected chi connectivity index (χ4v) is 2.81. The zero-order valence-corrected chi connectivity index (χ0v) is 11.1. The molecule has 0 aliphatic heterocycles. The minimum atomic E-state index is 0.407. The second kappa shape index (κ2) is 3.87. The van der Waals surface area contributed by atoms with E-state index >= 15 is 0 Å². The van der Waals surface area contributed by atoms with Crippen molar-refractivity contribution in [2.24, 2.45) is 0 Å². The molecule has 82 valence electrons. The van der Waals surface area contributed by atoms with Crippen LogP contribution in [0, 0.1) is 0 Å². The van der Waals surface area contributed by atoms with Crippen molar-refractivity contribution in [2.45, 2.75) is 5.88 Å². The largest absolute Gasteiger partial charge is 0.291 e. The number of rotatable bonds is 2. The summed E-state index contributed by atoms with van der Waals surface area (Å²) in [5, 5.41) is 6.20. The Morgan fingerprint density at radius 3 is 3.06 bits per heavy atom. The molecule has 0 fully saturated rings. The van der Waals surface area contributed by atoms with Gasteiger partial charge in [0.1, 0.15) is 0 Å². The van der Waals surface area contributed by atoms with Crippen LogP contribution in [-0.4, -0.2) is 19.2 Å². The first-order chi connectivity index (χ1) is 7.79. The lowest BCUT2D eigenvalue weighted by Gasteiger charge is -1.99. The van der Waals surface area contributed by atoms with Gasteiger partial charge in [-0.2, -0.15) is 10.1 Å². The minimum absolute atomic E-state index is 0.407. The van der Waals surface area contributed by atoms with E-state index in [2.05, 4.69) is 26.0 Å². The van der Waals surface area contributed by atoms with Gasteiger partial charge in [0, 0.05) is 17.8 Å². The molecule has 0 aliphatic carbocycles. The van der Waals surface area contributed by atoms with Crippen molar-refractivity contribution >= 4 is 43.8 Å². The second-order valence-electron chi connectivity index (χ2n) is 3.17. The topological polar surface area (TPSA) is 35.1 Å². The van der Waals surface area contributed by atoms with Crippen molar-refractivity contribution in [3.63, 3.8) is 0 Å². The summed E-state index contributed by atoms with van der Waals surface area (Å²) in [6.07, 6.45) is 5.56. The van der Waals surface area contributed by atoms with Crippen LogP contribution < -0.4 is 0 Å². The normalized spacial score (nSPS) is 11.4. The quantitative estimate of drug-likeness (QED) is 0.681. The van der Waals surface area contributed by atoms with Gasteiger partial charge in [-0.15, -0.1) is 22.9 Å². The summed E-state index contributed by atoms with van der Waals surface area (Å²) >= 11 is 10.9. The number of imidazole rings is 1. The SMILES string of the molecule is ClCc1c(-n2cc(Br)cn2)nc2sccn12. The average Bonchev–Trinajstić information content (AvgIpc) is 2.90. The van der Waals surface area contributed by atoms with E-state index in [0.717, 1.165) is 20.9 Å². The van der Waals surface area contributed by atoms with Gasteiger partial charge in [-0.05, 0) is 15.9 Å². The first-order valence-corrected chi connectivity index (χ1v) is 6.71. The molecular formula is C9H6BrClN4S. The van der Waals surface area contributed by atoms with Crippen LogP contribution in [0.3, 0.4) is 0 Å². The smallest absolute Gasteiger partial charge is 0.195 e. The van der Waals surface area contributed by atoms with E-state index in [0.29, 0.717) is 5.88 Å². The van der Waals surface area contributed by atoms with E-state index in [-0.39, 0.29) is 0 Å². The monoisotopic (exact) mass is 316 g/mol. The van der Waals surface area contributed by atoms with Crippen LogP contribution in [-0.2, 0) is 5.88 Å². The lowest BCUT2D eigenvalue weighted by molar-refractivity contribution is 0.843. The second-order valence-corrected chi connectivity index (χ2v) is 5.23. The molecule has 3 aromatic heterocycles. The summed E-state index contributed by atoms with van der Waals surface area (Å²) in [5.74, 6) is 1.19. The predicted molar refractivity (Wildman–Crippen MR) is 67.4 cm³/mol. The summed E-state index contributed by atoms with van der Waals surface area (Å²) in [4.78, 5) is 5.43. The molecule has 0 atom stereocenters. The molecule has 0 unspecified atom stereocenters. The molecule has 0 saturated heterocycles. The lowest BCUT2D eigenvalue weighted by atomic mass is 10.5. The highest BCUT2D eigenvalue weighted by Crippen LogP contribution is 2.22. The number of thiazole rings is 1. The molecule has 4 nitrogen and oxygen atoms in total. The van der Waals surface area contributed by atoms with Crippen molar-refractivity contribution in [3.8, 4) is 5.82 Å². The maximum absolute atomic E-state index is 5.96. The Bertz CT molecular complexity index is 641. The molecule has 0 bridgehead atoms. The van der Waals surface area contributed by atoms with Gasteiger partial charge < -0.3 is 0 Å². The van der Waals surface area contributed by atoms with E-state index in [4.69, 9.17) is 11.6 Å². The van der Waals surface area contributed by atoms with Crippen molar-refractivity contribution in [2.75, 3.05) is 0 Å². The Hall–Kier alpha value is -0.850. The summed E-state index contributed by atoms with van der Waals surface area (Å²) in [6.45, 7) is 0. The van der Waals surface area contributed by atoms with Crippen molar-refractivity contribution < 1.29 is 0 Å². The highest BCUT2D eigenvalue weighted by Gasteiger charge is 2.14. The summed E-state index contributed by atoms with van der Waals surface area (Å²) in [5.41, 5.74) is 0.952. The molecule has 0 aliphatic rings. The van der Waals surface area contributed by atoms with E-state index in [1.807, 2.05) is 22.2 Å². The number of fused-ring (bicyclic) bond motifs is 1. The number of nitrogens with zero attached hydrogens (tertiary/aromatic N) is 4. The minimum Gasteiger partial charge on any atom is -0.291 e. The number of hydrogen-bond acceptors (Lipinski definition) is 3. The number of aromatic nitrogens is 4. The Balaban J connectivity index is 2.26. The Labute approximate surface area is 109 Å². The highest BCUT2D eigenvalue weighted by atomic mass is 79.9. The van der Waals surface area contributed by atoms with Crippen LogP contribution in [0.5, 0.6) is 0 Å². The third-order valence-corrected chi connectivity index (χ3v) is 3.65. The fourth-order valence-electron chi connectivity index (χ4n) is 1.55. The molecule has 0 N–H and O–H groups in total. The first-order valence-electron chi connectivity index (χ1n) is 4.50. The summed E-state index contributed by atoms with van der Waals surface area (Å²) < 4.78 is 4.63. The Morgan fingerprint density at radius 1 is 1.50 bits per heavy atom. The third-order valence-electron chi connectivity index (χ3n) is 2.23. The fraction of sp³-hybridized carbons (Fsp3) is 0.111. The van der Waals surface area contributed by atoms with E-state index in [9.17, 15) is 0 Å². The summed E-state index contributed by atoms with van der Waals surface area (Å²) in [6, 6.07) is 0. The first kappa shape index (κ1) is 10.3. The van der Waals surface area contributed by atoms with Gasteiger partial charge >= 0.3 is 0 Å². The molecule has 0 radical (unpaired) electrons. The molecule has 3 aromatic rings. The van der Waals surface area contributed by atoms with Gasteiger partial charge in [-0.1, -0.05) is 0 Å². The van der Waals surface area contributed by atoms with Crippen molar-refractivity contribution in [1.82, 2.24) is 19.2 Å². The summed E-state index contributed by atoms with van der Waals surface area (Å²) in [7, 11) is 0. The van der Waals surface area contributed by atoms with Gasteiger partial charge in [0.2, 0.25) is 0 Å². The van der Waals surface area contributed by atoms with E-state index in [1.54, 1.807) is 22.2 Å². The average molecular weight is 318 g/mol. The lowest BCUT2D eigenvalue weighted by Crippen LogP contribution is -1.99. The van der Waals surface area contributed by atoms with Crippen LogP contribution in [0.15, 0.2) is 28.4 Å². The predicted octanol–water partition coefficient (Wildman–Crippen LogP) is 3.08. The molecule has 7 heteroatoms. The van der Waals surface area contributed by atoms with Gasteiger partial charge in [0.05, 0.1) is 22.2 Å². The van der Waals surface area contributed by atoms with Crippen LogP contribution in [0.4, 0.5) is 0 Å². The van der Waals surface area contributed by atoms with Crippen LogP contribution >= 0.6 is 38.9 Å². The van der Waals surface area contributed by atoms with E-state index in [1.165, 1.54) is 0 Å². The van der Waals surface area contributed by atoms with Gasteiger partial charge in [-0.25, -0.2) is 4.68 Å². The standard InChI is InChI=1S/C9H6BrClN4S/c10-6-4-12-15(5-6)8-7(3-11)14-1-2-16-9(14)13-8/h1-2,4-5H,3H2. The maximum Gasteiger partial charge on any atom is 0.195 e. The maximum atomic E-state index is 5.96. The van der Waals surface area contributed by atoms with Crippen LogP contribution in [0.1, 0.15) is 5.69 Å². The number of alkyl halides is 1. The van der Waals surface area contributed by atoms with Crippen molar-refractivity contribution in [1.29, 1.82) is 0 Å². The molecule has 16 heavy (non-hydrogen) atoms. The molecule has 3 rings (SSSR count). The molecule has 0 amide bonds. The Kier molecular flexibility index (Phi) is 2.49. The van der Waals surface area contributed by atoms with E-state index < -0.39 is 0 Å². The molecule has 3 heterocycles. The van der Waals surface area contributed by atoms with Crippen molar-refractivity contribution in [3.05, 3.63) is 34.1 Å². The number of hydrogen-bond donors (Lipinski definition) is 0. The molecule has 0 saturated carbocycles.